The third kappa shape index (κ3) is 10.5. The lowest BCUT2D eigenvalue weighted by atomic mass is 10.0. The molecule has 300 valence electrons. The lowest BCUT2D eigenvalue weighted by Gasteiger charge is -2.32. The van der Waals surface area contributed by atoms with Crippen molar-refractivity contribution < 1.29 is 28.7 Å². The fraction of sp³-hybridized carbons (Fsp3) is 0.476. The Morgan fingerprint density at radius 1 is 0.714 bits per heavy atom. The molecule has 0 aliphatic heterocycles. The van der Waals surface area contributed by atoms with Crippen LogP contribution < -0.4 is 10.6 Å². The zero-order chi connectivity index (χ0) is 41.1. The van der Waals surface area contributed by atoms with Crippen LogP contribution in [-0.2, 0) is 19.1 Å². The van der Waals surface area contributed by atoms with E-state index in [2.05, 4.69) is 37.4 Å². The van der Waals surface area contributed by atoms with Gasteiger partial charge in [-0.1, -0.05) is 65.7 Å². The first kappa shape index (κ1) is 42.9. The summed E-state index contributed by atoms with van der Waals surface area (Å²) >= 11 is 0. The monoisotopic (exact) mass is 768 g/mol. The van der Waals surface area contributed by atoms with Gasteiger partial charge in [0.15, 0.2) is 0 Å². The van der Waals surface area contributed by atoms with Crippen molar-refractivity contribution in [2.75, 3.05) is 27.3 Å². The minimum absolute atomic E-state index is 0.140. The second kappa shape index (κ2) is 19.7. The topological polar surface area (TPSA) is 175 Å². The lowest BCUT2D eigenvalue weighted by Crippen LogP contribution is -2.52. The standard InChI is InChI=1S/C42H56N8O6/c1-11-21-49(39(51)35(25(3)4)47-41(53)55-9)27(7)37-43-24-32(44-37)19-15-29-13-16-30(17-14-29)31-18-20-33-34(23-31)46-38(45-33)28(8)50(22-12-2)40(52)36(26(5)6)48-42(54)56-10/h13-14,16-18,20,23-28,35-36H,11-12,21-22H2,1-10H3,(H,43,44)(H,45,46)(H,47,53)(H,48,54)/t27-,28?,35-,36-/m0/s1. The number of fused-ring (bicyclic) bond motifs is 1. The van der Waals surface area contributed by atoms with Crippen LogP contribution in [0.3, 0.4) is 0 Å². The minimum Gasteiger partial charge on any atom is -0.453 e. The summed E-state index contributed by atoms with van der Waals surface area (Å²) in [7, 11) is 2.55. The number of benzene rings is 2. The first-order valence-electron chi connectivity index (χ1n) is 19.2. The molecule has 0 saturated carbocycles. The summed E-state index contributed by atoms with van der Waals surface area (Å²) in [5.74, 6) is 6.87. The molecule has 0 bridgehead atoms. The highest BCUT2D eigenvalue weighted by Crippen LogP contribution is 2.28. The maximum atomic E-state index is 13.7. The molecule has 0 saturated heterocycles. The van der Waals surface area contributed by atoms with E-state index < -0.39 is 24.3 Å². The largest absolute Gasteiger partial charge is 0.453 e. The average molecular weight is 769 g/mol. The van der Waals surface area contributed by atoms with Crippen molar-refractivity contribution in [2.24, 2.45) is 11.8 Å². The summed E-state index contributed by atoms with van der Waals surface area (Å²) in [5, 5.41) is 5.36. The number of carbonyl (C=O) groups excluding carboxylic acids is 4. The molecule has 14 heteroatoms. The zero-order valence-electron chi connectivity index (χ0n) is 34.1. The summed E-state index contributed by atoms with van der Waals surface area (Å²) in [5.41, 5.74) is 4.94. The number of amides is 4. The predicted octanol–water partition coefficient (Wildman–Crippen LogP) is 6.71. The Morgan fingerprint density at radius 3 is 1.73 bits per heavy atom. The highest BCUT2D eigenvalue weighted by molar-refractivity contribution is 5.87. The maximum Gasteiger partial charge on any atom is 0.407 e. The molecule has 0 radical (unpaired) electrons. The number of alkyl carbamates (subject to hydrolysis) is 2. The van der Waals surface area contributed by atoms with Crippen molar-refractivity contribution >= 4 is 35.0 Å². The first-order chi connectivity index (χ1) is 26.7. The highest BCUT2D eigenvalue weighted by atomic mass is 16.5. The molecule has 0 aliphatic carbocycles. The predicted molar refractivity (Wildman–Crippen MR) is 215 cm³/mol. The van der Waals surface area contributed by atoms with Crippen molar-refractivity contribution in [3.05, 3.63) is 71.6 Å². The molecule has 2 aromatic carbocycles. The summed E-state index contributed by atoms with van der Waals surface area (Å²) in [6, 6.07) is 11.7. The van der Waals surface area contributed by atoms with E-state index in [9.17, 15) is 19.2 Å². The Balaban J connectivity index is 1.48. The van der Waals surface area contributed by atoms with Crippen LogP contribution >= 0.6 is 0 Å². The van der Waals surface area contributed by atoms with Gasteiger partial charge >= 0.3 is 12.2 Å². The van der Waals surface area contributed by atoms with E-state index in [1.54, 1.807) is 16.0 Å². The minimum atomic E-state index is -0.739. The Kier molecular flexibility index (Phi) is 15.1. The fourth-order valence-electron chi connectivity index (χ4n) is 6.42. The Morgan fingerprint density at radius 2 is 1.23 bits per heavy atom. The van der Waals surface area contributed by atoms with Crippen LogP contribution in [-0.4, -0.2) is 93.1 Å². The summed E-state index contributed by atoms with van der Waals surface area (Å²) < 4.78 is 9.51. The molecule has 0 aliphatic rings. The van der Waals surface area contributed by atoms with Gasteiger partial charge in [0.2, 0.25) is 11.8 Å². The van der Waals surface area contributed by atoms with Crippen LogP contribution in [0.15, 0.2) is 48.7 Å². The summed E-state index contributed by atoms with van der Waals surface area (Å²) in [6.07, 6.45) is 1.90. The summed E-state index contributed by atoms with van der Waals surface area (Å²) in [6.45, 7) is 16.3. The van der Waals surface area contributed by atoms with Gasteiger partial charge in [0.05, 0.1) is 37.3 Å². The molecule has 0 spiro atoms. The molecule has 4 N–H and O–H groups in total. The molecule has 2 aromatic heterocycles. The highest BCUT2D eigenvalue weighted by Gasteiger charge is 2.34. The Labute approximate surface area is 329 Å². The number of ether oxygens (including phenoxy) is 2. The second-order valence-corrected chi connectivity index (χ2v) is 14.5. The quantitative estimate of drug-likeness (QED) is 0.0966. The van der Waals surface area contributed by atoms with Gasteiger partial charge < -0.3 is 39.9 Å². The van der Waals surface area contributed by atoms with Gasteiger partial charge in [-0.05, 0) is 79.8 Å². The van der Waals surface area contributed by atoms with Gasteiger partial charge in [-0.3, -0.25) is 9.59 Å². The number of carbonyl (C=O) groups is 4. The normalized spacial score (nSPS) is 13.3. The van der Waals surface area contributed by atoms with E-state index in [1.165, 1.54) is 14.2 Å². The number of aromatic nitrogens is 4. The molecular formula is C42H56N8O6. The van der Waals surface area contributed by atoms with Crippen LogP contribution in [0, 0.1) is 23.7 Å². The maximum absolute atomic E-state index is 13.7. The van der Waals surface area contributed by atoms with E-state index in [-0.39, 0.29) is 35.7 Å². The van der Waals surface area contributed by atoms with E-state index >= 15 is 0 Å². The number of nitrogens with zero attached hydrogens (tertiary/aromatic N) is 4. The van der Waals surface area contributed by atoms with Gasteiger partial charge in [-0.2, -0.15) is 0 Å². The van der Waals surface area contributed by atoms with Gasteiger partial charge in [-0.15, -0.1) is 0 Å². The van der Waals surface area contributed by atoms with Crippen molar-refractivity contribution in [3.63, 3.8) is 0 Å². The number of aromatic amines is 2. The molecular weight excluding hydrogens is 713 g/mol. The van der Waals surface area contributed by atoms with E-state index in [1.807, 2.05) is 97.9 Å². The molecule has 56 heavy (non-hydrogen) atoms. The zero-order valence-corrected chi connectivity index (χ0v) is 34.1. The average Bonchev–Trinajstić information content (AvgIpc) is 3.85. The lowest BCUT2D eigenvalue weighted by molar-refractivity contribution is -0.137. The van der Waals surface area contributed by atoms with Crippen LogP contribution in [0.5, 0.6) is 0 Å². The van der Waals surface area contributed by atoms with Crippen molar-refractivity contribution in [3.8, 4) is 23.0 Å². The molecule has 14 nitrogen and oxygen atoms in total. The third-order valence-corrected chi connectivity index (χ3v) is 9.66. The number of methoxy groups -OCH3 is 2. The number of imidazole rings is 2. The van der Waals surface area contributed by atoms with E-state index in [0.29, 0.717) is 30.4 Å². The van der Waals surface area contributed by atoms with Gasteiger partial charge in [0.1, 0.15) is 29.4 Å². The van der Waals surface area contributed by atoms with Crippen molar-refractivity contribution in [1.82, 2.24) is 40.4 Å². The number of rotatable bonds is 15. The Bertz CT molecular complexity index is 2030. The molecule has 4 amide bonds. The molecule has 4 aromatic rings. The Hall–Kier alpha value is -5.84. The van der Waals surface area contributed by atoms with Crippen LogP contribution in [0.25, 0.3) is 22.2 Å². The molecule has 4 rings (SSSR count). The second-order valence-electron chi connectivity index (χ2n) is 14.5. The number of hydrogen-bond acceptors (Lipinski definition) is 8. The van der Waals surface area contributed by atoms with Crippen molar-refractivity contribution in [1.29, 1.82) is 0 Å². The summed E-state index contributed by atoms with van der Waals surface area (Å²) in [4.78, 5) is 70.8. The fourth-order valence-corrected chi connectivity index (χ4v) is 6.42. The van der Waals surface area contributed by atoms with Gasteiger partial charge in [-0.25, -0.2) is 19.6 Å². The smallest absolute Gasteiger partial charge is 0.407 e. The van der Waals surface area contributed by atoms with Crippen LogP contribution in [0.2, 0.25) is 0 Å². The number of hydrogen-bond donors (Lipinski definition) is 4. The third-order valence-electron chi connectivity index (χ3n) is 9.66. The molecule has 2 heterocycles. The molecule has 0 fully saturated rings. The van der Waals surface area contributed by atoms with Gasteiger partial charge in [0, 0.05) is 24.8 Å². The first-order valence-corrected chi connectivity index (χ1v) is 19.2. The van der Waals surface area contributed by atoms with E-state index in [4.69, 9.17) is 14.5 Å². The molecule has 1 unspecified atom stereocenters. The van der Waals surface area contributed by atoms with Crippen LogP contribution in [0.4, 0.5) is 9.59 Å². The molecule has 4 atom stereocenters. The SMILES string of the molecule is CCCN(C(=O)[C@@H](NC(=O)OC)C(C)C)C(C)c1nc2cc(-c3ccc(C#Cc4c[nH]c([C@H](C)N(CCC)C(=O)[C@@H](NC(=O)OC)C(C)C)n4)cc3)ccc2[nH]1. The van der Waals surface area contributed by atoms with Gasteiger partial charge in [0.25, 0.3) is 0 Å². The number of nitrogens with one attached hydrogen (secondary N) is 4. The van der Waals surface area contributed by atoms with E-state index in [0.717, 1.165) is 40.6 Å². The number of H-pyrrole nitrogens is 2. The van der Waals surface area contributed by atoms with Crippen LogP contribution in [0.1, 0.15) is 103 Å². The van der Waals surface area contributed by atoms with Crippen molar-refractivity contribution in [2.45, 2.75) is 92.4 Å².